The van der Waals surface area contributed by atoms with Crippen molar-refractivity contribution in [2.24, 2.45) is 0 Å². The summed E-state index contributed by atoms with van der Waals surface area (Å²) in [4.78, 5) is 10.7. The maximum absolute atomic E-state index is 5.69. The lowest BCUT2D eigenvalue weighted by molar-refractivity contribution is 0.0638. The van der Waals surface area contributed by atoms with Crippen LogP contribution in [-0.2, 0) is 17.7 Å². The molecule has 2 aromatic heterocycles. The Hall–Kier alpha value is -1.78. The van der Waals surface area contributed by atoms with E-state index in [0.717, 1.165) is 25.9 Å². The lowest BCUT2D eigenvalue weighted by Gasteiger charge is -2.27. The lowest BCUT2D eigenvalue weighted by Crippen LogP contribution is -2.37. The van der Waals surface area contributed by atoms with Crippen LogP contribution in [0.25, 0.3) is 0 Å². The van der Waals surface area contributed by atoms with Crippen molar-refractivity contribution in [1.82, 2.24) is 14.9 Å². The molecular formula is C17H21N3O. The molecule has 0 spiro atoms. The average molecular weight is 283 g/mol. The summed E-state index contributed by atoms with van der Waals surface area (Å²) in [7, 11) is 1.82. The van der Waals surface area contributed by atoms with E-state index in [0.29, 0.717) is 12.1 Å². The molecule has 4 nitrogen and oxygen atoms in total. The average Bonchev–Trinajstić information content (AvgIpc) is 2.91. The van der Waals surface area contributed by atoms with Crippen LogP contribution in [0, 0.1) is 0 Å². The molecule has 0 bridgehead atoms. The van der Waals surface area contributed by atoms with Gasteiger partial charge in [0.05, 0.1) is 6.10 Å². The summed E-state index contributed by atoms with van der Waals surface area (Å²) < 4.78 is 5.69. The van der Waals surface area contributed by atoms with Crippen molar-refractivity contribution in [3.05, 3.63) is 60.2 Å². The highest BCUT2D eigenvalue weighted by molar-refractivity contribution is 5.15. The second-order valence-corrected chi connectivity index (χ2v) is 5.52. The molecule has 1 aliphatic rings. The molecule has 1 aliphatic heterocycles. The van der Waals surface area contributed by atoms with Crippen LogP contribution >= 0.6 is 0 Å². The van der Waals surface area contributed by atoms with Crippen molar-refractivity contribution >= 4 is 0 Å². The topological polar surface area (TPSA) is 38.2 Å². The highest BCUT2D eigenvalue weighted by Crippen LogP contribution is 2.25. The Morgan fingerprint density at radius 3 is 2.29 bits per heavy atom. The minimum Gasteiger partial charge on any atom is -0.380 e. The first-order chi connectivity index (χ1) is 10.4. The Bertz CT molecular complexity index is 546. The molecule has 2 aromatic rings. The second-order valence-electron chi connectivity index (χ2n) is 5.52. The highest BCUT2D eigenvalue weighted by Gasteiger charge is 2.34. The minimum atomic E-state index is 0.306. The maximum atomic E-state index is 5.69. The van der Waals surface area contributed by atoms with Gasteiger partial charge in [0, 0.05) is 51.0 Å². The smallest absolute Gasteiger partial charge is 0.0742 e. The molecule has 0 aliphatic carbocycles. The molecule has 0 saturated carbocycles. The van der Waals surface area contributed by atoms with Gasteiger partial charge in [0.25, 0.3) is 0 Å². The SMILES string of the molecule is CO[C@@H]1CCN(Cc2ccncc2)[C@H]1Cc1ccncc1. The zero-order chi connectivity index (χ0) is 14.5. The van der Waals surface area contributed by atoms with Crippen molar-refractivity contribution in [3.8, 4) is 0 Å². The number of rotatable bonds is 5. The molecule has 0 unspecified atom stereocenters. The Kier molecular flexibility index (Phi) is 4.58. The maximum Gasteiger partial charge on any atom is 0.0742 e. The van der Waals surface area contributed by atoms with Crippen LogP contribution in [-0.4, -0.2) is 40.7 Å². The van der Waals surface area contributed by atoms with Gasteiger partial charge in [-0.3, -0.25) is 14.9 Å². The Morgan fingerprint density at radius 2 is 1.67 bits per heavy atom. The first-order valence-electron chi connectivity index (χ1n) is 7.41. The third-order valence-corrected chi connectivity index (χ3v) is 4.23. The Morgan fingerprint density at radius 1 is 1.05 bits per heavy atom. The molecule has 3 rings (SSSR count). The van der Waals surface area contributed by atoms with E-state index in [9.17, 15) is 0 Å². The standard InChI is InChI=1S/C17H21N3O/c1-21-17-6-11-20(13-15-4-9-19-10-5-15)16(17)12-14-2-7-18-8-3-14/h2-5,7-10,16-17H,6,11-13H2,1H3/t16-,17+/m0/s1. The minimum absolute atomic E-state index is 0.306. The molecule has 0 aromatic carbocycles. The molecule has 0 radical (unpaired) electrons. The van der Waals surface area contributed by atoms with Gasteiger partial charge in [-0.2, -0.15) is 0 Å². The summed E-state index contributed by atoms with van der Waals surface area (Å²) in [6, 6.07) is 8.78. The Balaban J connectivity index is 1.73. The fourth-order valence-corrected chi connectivity index (χ4v) is 3.10. The first-order valence-corrected chi connectivity index (χ1v) is 7.41. The molecule has 1 fully saturated rings. The summed E-state index contributed by atoms with van der Waals surface area (Å²) in [5.74, 6) is 0. The highest BCUT2D eigenvalue weighted by atomic mass is 16.5. The van der Waals surface area contributed by atoms with Crippen LogP contribution in [0.15, 0.2) is 49.1 Å². The van der Waals surface area contributed by atoms with Crippen LogP contribution in [0.5, 0.6) is 0 Å². The number of nitrogens with zero attached hydrogens (tertiary/aromatic N) is 3. The third kappa shape index (κ3) is 3.46. The number of hydrogen-bond acceptors (Lipinski definition) is 4. The molecule has 3 heterocycles. The molecule has 2 atom stereocenters. The fourth-order valence-electron chi connectivity index (χ4n) is 3.10. The number of aromatic nitrogens is 2. The van der Waals surface area contributed by atoms with E-state index in [1.807, 2.05) is 31.9 Å². The molecule has 21 heavy (non-hydrogen) atoms. The van der Waals surface area contributed by atoms with E-state index in [4.69, 9.17) is 4.74 Å². The van der Waals surface area contributed by atoms with E-state index in [2.05, 4.69) is 39.1 Å². The van der Waals surface area contributed by atoms with Crippen LogP contribution in [0.4, 0.5) is 0 Å². The summed E-state index contributed by atoms with van der Waals surface area (Å²) in [6.07, 6.45) is 9.84. The zero-order valence-electron chi connectivity index (χ0n) is 12.4. The molecular weight excluding hydrogens is 262 g/mol. The van der Waals surface area contributed by atoms with Gasteiger partial charge >= 0.3 is 0 Å². The number of hydrogen-bond donors (Lipinski definition) is 0. The number of pyridine rings is 2. The van der Waals surface area contributed by atoms with Crippen LogP contribution < -0.4 is 0 Å². The van der Waals surface area contributed by atoms with Crippen LogP contribution in [0.2, 0.25) is 0 Å². The van der Waals surface area contributed by atoms with E-state index >= 15 is 0 Å². The van der Waals surface area contributed by atoms with Gasteiger partial charge in [-0.05, 0) is 48.2 Å². The molecule has 0 N–H and O–H groups in total. The number of ether oxygens (including phenoxy) is 1. The normalized spacial score (nSPS) is 22.5. The van der Waals surface area contributed by atoms with Crippen molar-refractivity contribution in [1.29, 1.82) is 0 Å². The zero-order valence-corrected chi connectivity index (χ0v) is 12.4. The molecule has 4 heteroatoms. The summed E-state index contributed by atoms with van der Waals surface area (Å²) >= 11 is 0. The largest absolute Gasteiger partial charge is 0.380 e. The van der Waals surface area contributed by atoms with Crippen molar-refractivity contribution in [2.45, 2.75) is 31.5 Å². The quantitative estimate of drug-likeness (QED) is 0.844. The molecule has 0 amide bonds. The summed E-state index contributed by atoms with van der Waals surface area (Å²) in [5, 5.41) is 0. The first kappa shape index (κ1) is 14.2. The predicted molar refractivity (Wildman–Crippen MR) is 81.8 cm³/mol. The van der Waals surface area contributed by atoms with Gasteiger partial charge in [0.1, 0.15) is 0 Å². The van der Waals surface area contributed by atoms with Crippen molar-refractivity contribution in [3.63, 3.8) is 0 Å². The van der Waals surface area contributed by atoms with Crippen LogP contribution in [0.1, 0.15) is 17.5 Å². The van der Waals surface area contributed by atoms with Crippen LogP contribution in [0.3, 0.4) is 0 Å². The molecule has 110 valence electrons. The molecule has 1 saturated heterocycles. The third-order valence-electron chi connectivity index (χ3n) is 4.23. The second kappa shape index (κ2) is 6.78. The predicted octanol–water partition coefficient (Wildman–Crippen LogP) is 2.31. The van der Waals surface area contributed by atoms with E-state index in [1.54, 1.807) is 0 Å². The van der Waals surface area contributed by atoms with Gasteiger partial charge < -0.3 is 4.74 Å². The van der Waals surface area contributed by atoms with E-state index in [1.165, 1.54) is 11.1 Å². The summed E-state index contributed by atoms with van der Waals surface area (Å²) in [6.45, 7) is 2.04. The van der Waals surface area contributed by atoms with Gasteiger partial charge in [-0.1, -0.05) is 0 Å². The van der Waals surface area contributed by atoms with Gasteiger partial charge in [-0.15, -0.1) is 0 Å². The van der Waals surface area contributed by atoms with Gasteiger partial charge in [-0.25, -0.2) is 0 Å². The monoisotopic (exact) mass is 283 g/mol. The fraction of sp³-hybridized carbons (Fsp3) is 0.412. The van der Waals surface area contributed by atoms with Crippen molar-refractivity contribution < 1.29 is 4.74 Å². The van der Waals surface area contributed by atoms with Gasteiger partial charge in [0.2, 0.25) is 0 Å². The number of likely N-dealkylation sites (tertiary alicyclic amines) is 1. The lowest BCUT2D eigenvalue weighted by atomic mass is 10.0. The Labute approximate surface area is 125 Å². The van der Waals surface area contributed by atoms with Crippen molar-refractivity contribution in [2.75, 3.05) is 13.7 Å². The summed E-state index contributed by atoms with van der Waals surface area (Å²) in [5.41, 5.74) is 2.63. The van der Waals surface area contributed by atoms with E-state index < -0.39 is 0 Å². The number of methoxy groups -OCH3 is 1. The van der Waals surface area contributed by atoms with Gasteiger partial charge in [0.15, 0.2) is 0 Å². The van der Waals surface area contributed by atoms with E-state index in [-0.39, 0.29) is 0 Å².